The third-order valence-corrected chi connectivity index (χ3v) is 1.16. The Bertz CT molecular complexity index is 256. The van der Waals surface area contributed by atoms with E-state index < -0.39 is 11.6 Å². The monoisotopic (exact) mass is 215 g/mol. The van der Waals surface area contributed by atoms with Crippen LogP contribution in [0, 0.1) is 0 Å². The number of primary amides is 1. The maximum absolute atomic E-state index is 11.2. The van der Waals surface area contributed by atoms with Crippen LogP contribution in [0.1, 0.15) is 33.6 Å². The number of hydrazone groups is 1. The number of carbonyl (C=O) groups is 2. The highest BCUT2D eigenvalue weighted by Crippen LogP contribution is 2.08. The van der Waals surface area contributed by atoms with E-state index in [0.29, 0.717) is 6.42 Å². The lowest BCUT2D eigenvalue weighted by atomic mass is 10.2. The summed E-state index contributed by atoms with van der Waals surface area (Å²) in [5.41, 5.74) is 6.31. The van der Waals surface area contributed by atoms with Gasteiger partial charge in [0.15, 0.2) is 0 Å². The second-order valence-corrected chi connectivity index (χ2v) is 3.91. The summed E-state index contributed by atoms with van der Waals surface area (Å²) in [6.07, 6.45) is 2.02. The predicted octanol–water partition coefficient (Wildman–Crippen LogP) is 0.762. The summed E-state index contributed by atoms with van der Waals surface area (Å²) in [5, 5.41) is 3.48. The van der Waals surface area contributed by atoms with Crippen LogP contribution in [-0.2, 0) is 9.53 Å². The van der Waals surface area contributed by atoms with Crippen molar-refractivity contribution in [1.82, 2.24) is 5.43 Å². The summed E-state index contributed by atoms with van der Waals surface area (Å²) in [6, 6.07) is -0.733. The highest BCUT2D eigenvalue weighted by atomic mass is 16.6. The van der Waals surface area contributed by atoms with Gasteiger partial charge in [0.25, 0.3) is 0 Å². The Balaban J connectivity index is 3.64. The molecule has 0 saturated heterocycles. The maximum Gasteiger partial charge on any atom is 0.332 e. The lowest BCUT2D eigenvalue weighted by molar-refractivity contribution is -0.154. The molecule has 2 amide bonds. The van der Waals surface area contributed by atoms with Crippen molar-refractivity contribution in [2.24, 2.45) is 10.8 Å². The van der Waals surface area contributed by atoms with E-state index in [-0.39, 0.29) is 12.4 Å². The number of nitrogens with two attached hydrogens (primary N) is 1. The van der Waals surface area contributed by atoms with Crippen LogP contribution >= 0.6 is 0 Å². The highest BCUT2D eigenvalue weighted by molar-refractivity contribution is 5.75. The van der Waals surface area contributed by atoms with E-state index in [1.165, 1.54) is 6.21 Å². The van der Waals surface area contributed by atoms with Crippen molar-refractivity contribution < 1.29 is 14.3 Å². The van der Waals surface area contributed by atoms with Gasteiger partial charge in [0.1, 0.15) is 5.60 Å². The average Bonchev–Trinajstić information content (AvgIpc) is 1.99. The molecular formula is C9H17N3O3. The van der Waals surface area contributed by atoms with Crippen molar-refractivity contribution in [3.63, 3.8) is 0 Å². The fourth-order valence-electron chi connectivity index (χ4n) is 0.749. The summed E-state index contributed by atoms with van der Waals surface area (Å²) >= 11 is 0. The molecular weight excluding hydrogens is 198 g/mol. The van der Waals surface area contributed by atoms with E-state index in [1.54, 1.807) is 20.8 Å². The summed E-state index contributed by atoms with van der Waals surface area (Å²) in [6.45, 7) is 5.40. The number of nitrogens with one attached hydrogen (secondary N) is 1. The van der Waals surface area contributed by atoms with Crippen molar-refractivity contribution in [1.29, 1.82) is 0 Å². The standard InChI is InChI=1S/C9H17N3O3/c1-9(2,3)15-7(13)5-4-6-11-12-8(10)14/h6H,4-5H2,1-3H3,(H3,10,12,14). The largest absolute Gasteiger partial charge is 0.460 e. The molecule has 0 unspecified atom stereocenters. The molecule has 0 aromatic heterocycles. The number of hydrogen-bond donors (Lipinski definition) is 2. The maximum atomic E-state index is 11.2. The van der Waals surface area contributed by atoms with Gasteiger partial charge in [-0.15, -0.1) is 0 Å². The zero-order valence-electron chi connectivity index (χ0n) is 9.24. The Morgan fingerprint density at radius 3 is 2.53 bits per heavy atom. The van der Waals surface area contributed by atoms with Gasteiger partial charge < -0.3 is 10.5 Å². The summed E-state index contributed by atoms with van der Waals surface area (Å²) in [7, 11) is 0. The lowest BCUT2D eigenvalue weighted by Crippen LogP contribution is -2.25. The molecule has 0 heterocycles. The van der Waals surface area contributed by atoms with Crippen molar-refractivity contribution in [2.45, 2.75) is 39.2 Å². The molecule has 6 nitrogen and oxygen atoms in total. The first-order chi connectivity index (χ1) is 6.81. The lowest BCUT2D eigenvalue weighted by Gasteiger charge is -2.18. The Morgan fingerprint density at radius 1 is 1.47 bits per heavy atom. The molecule has 0 spiro atoms. The Morgan fingerprint density at radius 2 is 2.07 bits per heavy atom. The molecule has 0 bridgehead atoms. The summed E-state index contributed by atoms with van der Waals surface area (Å²) in [4.78, 5) is 21.3. The van der Waals surface area contributed by atoms with Crippen molar-refractivity contribution in [3.8, 4) is 0 Å². The summed E-state index contributed by atoms with van der Waals surface area (Å²) < 4.78 is 5.05. The van der Waals surface area contributed by atoms with Crippen LogP contribution in [0.3, 0.4) is 0 Å². The third-order valence-electron chi connectivity index (χ3n) is 1.16. The van der Waals surface area contributed by atoms with Crippen LogP contribution in [0.25, 0.3) is 0 Å². The van der Waals surface area contributed by atoms with Gasteiger partial charge in [-0.2, -0.15) is 5.10 Å². The number of rotatable bonds is 4. The van der Waals surface area contributed by atoms with Crippen LogP contribution in [0.5, 0.6) is 0 Å². The normalized spacial score (nSPS) is 11.4. The molecule has 6 heteroatoms. The first kappa shape index (κ1) is 13.4. The van der Waals surface area contributed by atoms with Crippen molar-refractivity contribution in [3.05, 3.63) is 0 Å². The molecule has 0 aromatic carbocycles. The minimum absolute atomic E-state index is 0.223. The molecule has 86 valence electrons. The zero-order valence-corrected chi connectivity index (χ0v) is 9.24. The first-order valence-corrected chi connectivity index (χ1v) is 4.60. The molecule has 3 N–H and O–H groups in total. The minimum atomic E-state index is -0.733. The number of carbonyl (C=O) groups excluding carboxylic acids is 2. The molecule has 0 rings (SSSR count). The van der Waals surface area contributed by atoms with Gasteiger partial charge in [0, 0.05) is 6.21 Å². The zero-order chi connectivity index (χ0) is 11.9. The predicted molar refractivity (Wildman–Crippen MR) is 56.3 cm³/mol. The van der Waals surface area contributed by atoms with Crippen LogP contribution in [0.2, 0.25) is 0 Å². The second kappa shape index (κ2) is 6.00. The number of hydrogen-bond acceptors (Lipinski definition) is 4. The van der Waals surface area contributed by atoms with Gasteiger partial charge in [-0.1, -0.05) is 0 Å². The van der Waals surface area contributed by atoms with E-state index in [2.05, 4.69) is 5.10 Å². The molecule has 0 aliphatic carbocycles. The molecule has 0 aromatic rings. The van der Waals surface area contributed by atoms with E-state index in [4.69, 9.17) is 10.5 Å². The first-order valence-electron chi connectivity index (χ1n) is 4.60. The van der Waals surface area contributed by atoms with Crippen LogP contribution in [0.4, 0.5) is 4.79 Å². The van der Waals surface area contributed by atoms with Gasteiger partial charge >= 0.3 is 12.0 Å². The molecule has 15 heavy (non-hydrogen) atoms. The third kappa shape index (κ3) is 10.3. The number of amides is 2. The SMILES string of the molecule is CC(C)(C)OC(=O)CCC=NNC(N)=O. The van der Waals surface area contributed by atoms with E-state index in [0.717, 1.165) is 0 Å². The Hall–Kier alpha value is -1.59. The summed E-state index contributed by atoms with van der Waals surface area (Å²) in [5.74, 6) is -0.298. The molecule has 0 aliphatic rings. The quantitative estimate of drug-likeness (QED) is 0.412. The molecule has 0 radical (unpaired) electrons. The highest BCUT2D eigenvalue weighted by Gasteiger charge is 2.15. The topological polar surface area (TPSA) is 93.8 Å². The molecule has 0 saturated carbocycles. The fraction of sp³-hybridized carbons (Fsp3) is 0.667. The van der Waals surface area contributed by atoms with Crippen molar-refractivity contribution in [2.75, 3.05) is 0 Å². The van der Waals surface area contributed by atoms with Gasteiger partial charge in [0.05, 0.1) is 6.42 Å². The molecule has 0 atom stereocenters. The smallest absolute Gasteiger partial charge is 0.332 e. The Kier molecular flexibility index (Phi) is 5.36. The number of esters is 1. The number of nitrogens with zero attached hydrogens (tertiary/aromatic N) is 1. The van der Waals surface area contributed by atoms with Crippen molar-refractivity contribution >= 4 is 18.2 Å². The van der Waals surface area contributed by atoms with Gasteiger partial charge in [-0.25, -0.2) is 10.2 Å². The molecule has 0 fully saturated rings. The fourth-order valence-corrected chi connectivity index (χ4v) is 0.749. The average molecular weight is 215 g/mol. The van der Waals surface area contributed by atoms with Gasteiger partial charge in [0.2, 0.25) is 0 Å². The van der Waals surface area contributed by atoms with Crippen LogP contribution < -0.4 is 11.2 Å². The van der Waals surface area contributed by atoms with E-state index in [9.17, 15) is 9.59 Å². The molecule has 0 aliphatic heterocycles. The van der Waals surface area contributed by atoms with Crippen LogP contribution in [-0.4, -0.2) is 23.8 Å². The second-order valence-electron chi connectivity index (χ2n) is 3.91. The Labute approximate surface area is 88.9 Å². The van der Waals surface area contributed by atoms with Gasteiger partial charge in [-0.05, 0) is 27.2 Å². The number of urea groups is 1. The van der Waals surface area contributed by atoms with E-state index in [1.807, 2.05) is 5.43 Å². The van der Waals surface area contributed by atoms with Crippen LogP contribution in [0.15, 0.2) is 5.10 Å². The van der Waals surface area contributed by atoms with Gasteiger partial charge in [-0.3, -0.25) is 4.79 Å². The number of ether oxygens (including phenoxy) is 1. The van der Waals surface area contributed by atoms with E-state index >= 15 is 0 Å². The minimum Gasteiger partial charge on any atom is -0.460 e.